The van der Waals surface area contributed by atoms with Crippen molar-refractivity contribution >= 4 is 35.2 Å². The summed E-state index contributed by atoms with van der Waals surface area (Å²) in [5.41, 5.74) is 7.32. The monoisotopic (exact) mass is 520 g/mol. The van der Waals surface area contributed by atoms with Crippen LogP contribution in [0.4, 0.5) is 5.69 Å². The van der Waals surface area contributed by atoms with Crippen LogP contribution in [-0.4, -0.2) is 70.9 Å². The highest BCUT2D eigenvalue weighted by Crippen LogP contribution is 2.23. The molecule has 1 saturated heterocycles. The first-order chi connectivity index (χ1) is 18.3. The van der Waals surface area contributed by atoms with Gasteiger partial charge in [0.25, 0.3) is 0 Å². The number of hydrogen-bond acceptors (Lipinski definition) is 5. The quantitative estimate of drug-likeness (QED) is 0.200. The van der Waals surface area contributed by atoms with Gasteiger partial charge in [-0.05, 0) is 50.1 Å². The van der Waals surface area contributed by atoms with E-state index in [2.05, 4.69) is 49.0 Å². The Morgan fingerprint density at radius 1 is 1.24 bits per heavy atom. The highest BCUT2D eigenvalue weighted by Gasteiger charge is 2.26. The van der Waals surface area contributed by atoms with E-state index in [4.69, 9.17) is 5.21 Å². The summed E-state index contributed by atoms with van der Waals surface area (Å²) in [5, 5.41) is 12.6. The van der Waals surface area contributed by atoms with Gasteiger partial charge in [-0.2, -0.15) is 5.48 Å². The molecule has 2 amide bonds. The second kappa shape index (κ2) is 13.7. The van der Waals surface area contributed by atoms with Crippen LogP contribution in [-0.2, 0) is 29.1 Å². The Labute approximate surface area is 223 Å². The van der Waals surface area contributed by atoms with Crippen molar-refractivity contribution < 1.29 is 25.1 Å². The summed E-state index contributed by atoms with van der Waals surface area (Å²) in [7, 11) is 2.19. The summed E-state index contributed by atoms with van der Waals surface area (Å²) in [6.45, 7) is 10.9. The molecule has 0 saturated carbocycles. The number of nitrogens with zero attached hydrogens (tertiary/aromatic N) is 3. The maximum atomic E-state index is 12.1. The molecule has 1 aromatic heterocycles. The van der Waals surface area contributed by atoms with Crippen molar-refractivity contribution in [2.45, 2.75) is 39.4 Å². The summed E-state index contributed by atoms with van der Waals surface area (Å²) in [4.78, 5) is 37.8. The van der Waals surface area contributed by atoms with Crippen LogP contribution in [0.5, 0.6) is 0 Å². The van der Waals surface area contributed by atoms with Crippen LogP contribution in [0.2, 0.25) is 0 Å². The molecule has 2 aliphatic rings. The first-order valence-corrected chi connectivity index (χ1v) is 12.7. The van der Waals surface area contributed by atoms with E-state index in [0.717, 1.165) is 30.2 Å². The number of amides is 2. The molecule has 2 aromatic carbocycles. The number of carbonyl (C=O) groups is 3. The lowest BCUT2D eigenvalue weighted by atomic mass is 9.96. The number of aldehydes is 1. The SMILES string of the molecule is C=CC.Cc1cccc2c1CCN(C)C2.O=Cc1cn(CC(=O)NC2CN(C=O)C2)c2ccc([NH2+]O)cc12. The van der Waals surface area contributed by atoms with Crippen LogP contribution < -0.4 is 10.8 Å². The Morgan fingerprint density at radius 2 is 1.97 bits per heavy atom. The summed E-state index contributed by atoms with van der Waals surface area (Å²) < 4.78 is 1.70. The number of nitrogens with two attached hydrogens (primary N) is 1. The second-order valence-electron chi connectivity index (χ2n) is 9.67. The van der Waals surface area contributed by atoms with Gasteiger partial charge in [0.15, 0.2) is 12.0 Å². The third-order valence-electron chi connectivity index (χ3n) is 6.64. The molecule has 9 nitrogen and oxygen atoms in total. The van der Waals surface area contributed by atoms with E-state index >= 15 is 0 Å². The average molecular weight is 521 g/mol. The Bertz CT molecular complexity index is 1280. The molecule has 3 aromatic rings. The lowest BCUT2D eigenvalue weighted by Gasteiger charge is -2.36. The highest BCUT2D eigenvalue weighted by molar-refractivity contribution is 5.99. The highest BCUT2D eigenvalue weighted by atomic mass is 16.5. The molecule has 0 atom stereocenters. The first-order valence-electron chi connectivity index (χ1n) is 12.7. The number of likely N-dealkylation sites (tertiary alicyclic amines) is 1. The predicted molar refractivity (Wildman–Crippen MR) is 147 cm³/mol. The molecule has 0 aliphatic carbocycles. The molecule has 4 N–H and O–H groups in total. The van der Waals surface area contributed by atoms with Gasteiger partial charge in [-0.1, -0.05) is 24.3 Å². The van der Waals surface area contributed by atoms with Gasteiger partial charge in [-0.25, -0.2) is 5.21 Å². The van der Waals surface area contributed by atoms with E-state index in [1.54, 1.807) is 45.5 Å². The molecule has 0 radical (unpaired) electrons. The van der Waals surface area contributed by atoms with Gasteiger partial charge in [-0.3, -0.25) is 14.4 Å². The molecule has 5 rings (SSSR count). The molecule has 0 unspecified atom stereocenters. The number of rotatable bonds is 6. The lowest BCUT2D eigenvalue weighted by Crippen LogP contribution is -2.73. The van der Waals surface area contributed by atoms with E-state index in [9.17, 15) is 14.4 Å². The van der Waals surface area contributed by atoms with Gasteiger partial charge in [0, 0.05) is 61.0 Å². The van der Waals surface area contributed by atoms with Gasteiger partial charge >= 0.3 is 0 Å². The Balaban J connectivity index is 0.000000222. The van der Waals surface area contributed by atoms with Crippen LogP contribution in [0.15, 0.2) is 55.3 Å². The number of nitrogens with one attached hydrogen (secondary N) is 1. The van der Waals surface area contributed by atoms with E-state index in [1.165, 1.54) is 24.1 Å². The van der Waals surface area contributed by atoms with Crippen molar-refractivity contribution in [3.8, 4) is 0 Å². The molecule has 0 spiro atoms. The molecule has 0 bridgehead atoms. The Kier molecular flexibility index (Phi) is 10.3. The smallest absolute Gasteiger partial charge is 0.240 e. The molecular weight excluding hydrogens is 482 g/mol. The number of allylic oxidation sites excluding steroid dienone is 1. The molecule has 2 aliphatic heterocycles. The minimum atomic E-state index is -0.173. The number of aryl methyl sites for hydroxylation is 1. The number of quaternary nitrogens is 1. The lowest BCUT2D eigenvalue weighted by molar-refractivity contribution is -0.825. The van der Waals surface area contributed by atoms with Crippen molar-refractivity contribution in [1.82, 2.24) is 19.7 Å². The average Bonchev–Trinajstić information content (AvgIpc) is 3.23. The fourth-order valence-corrected chi connectivity index (χ4v) is 4.71. The zero-order valence-electron chi connectivity index (χ0n) is 22.4. The van der Waals surface area contributed by atoms with E-state index in [0.29, 0.717) is 29.7 Å². The van der Waals surface area contributed by atoms with Gasteiger partial charge < -0.3 is 19.7 Å². The zero-order valence-corrected chi connectivity index (χ0v) is 22.4. The number of fused-ring (bicyclic) bond motifs is 2. The van der Waals surface area contributed by atoms with E-state index < -0.39 is 0 Å². The Morgan fingerprint density at radius 3 is 2.63 bits per heavy atom. The Hall–Kier alpha value is -3.79. The van der Waals surface area contributed by atoms with E-state index in [-0.39, 0.29) is 18.5 Å². The third-order valence-corrected chi connectivity index (χ3v) is 6.64. The maximum absolute atomic E-state index is 12.1. The molecule has 1 fully saturated rings. The van der Waals surface area contributed by atoms with Crippen molar-refractivity contribution in [1.29, 1.82) is 0 Å². The van der Waals surface area contributed by atoms with Crippen molar-refractivity contribution in [2.24, 2.45) is 0 Å². The summed E-state index contributed by atoms with van der Waals surface area (Å²) in [6.07, 6.45) is 6.08. The molecule has 202 valence electrons. The summed E-state index contributed by atoms with van der Waals surface area (Å²) >= 11 is 0. The number of hydrogen-bond donors (Lipinski definition) is 3. The predicted octanol–water partition coefficient (Wildman–Crippen LogP) is 2.17. The van der Waals surface area contributed by atoms with Crippen molar-refractivity contribution in [3.05, 3.63) is 77.5 Å². The van der Waals surface area contributed by atoms with Crippen LogP contribution in [0.25, 0.3) is 10.9 Å². The van der Waals surface area contributed by atoms with Crippen LogP contribution in [0, 0.1) is 6.92 Å². The van der Waals surface area contributed by atoms with Gasteiger partial charge in [0.1, 0.15) is 6.54 Å². The summed E-state index contributed by atoms with van der Waals surface area (Å²) in [6, 6.07) is 11.8. The number of likely N-dealkylation sites (N-methyl/N-ethyl adjacent to an activating group) is 1. The fourth-order valence-electron chi connectivity index (χ4n) is 4.71. The zero-order chi connectivity index (χ0) is 27.7. The molecular formula is C29H38N5O4+. The topological polar surface area (TPSA) is 111 Å². The van der Waals surface area contributed by atoms with Crippen LogP contribution in [0.3, 0.4) is 0 Å². The standard InChI is InChI=1S/C15H16N4O4.C11H15N.C3H6/c20-8-10-4-19(14-2-1-11(17-23)3-13(10)14)7-15(22)16-12-5-18(6-12)9-21;1-9-4-3-5-10-8-12(2)7-6-11(9)10;1-3-2/h1-4,8-9,12,17,23H,5-7H2,(H,16,22);3-5H,6-8H2,1-2H3;3H,1H2,2H3/p+1. The molecule has 9 heteroatoms. The molecule has 38 heavy (non-hydrogen) atoms. The van der Waals surface area contributed by atoms with Crippen LogP contribution >= 0.6 is 0 Å². The van der Waals surface area contributed by atoms with Gasteiger partial charge in [0.05, 0.1) is 6.04 Å². The number of benzene rings is 2. The van der Waals surface area contributed by atoms with Gasteiger partial charge in [0.2, 0.25) is 12.3 Å². The number of carbonyl (C=O) groups excluding carboxylic acids is 3. The maximum Gasteiger partial charge on any atom is 0.240 e. The summed E-state index contributed by atoms with van der Waals surface area (Å²) in [5.74, 6) is -0.173. The van der Waals surface area contributed by atoms with Crippen LogP contribution in [0.1, 0.15) is 34.0 Å². The van der Waals surface area contributed by atoms with Gasteiger partial charge in [-0.15, -0.1) is 6.58 Å². The minimum Gasteiger partial charge on any atom is -0.348 e. The second-order valence-corrected chi connectivity index (χ2v) is 9.67. The van der Waals surface area contributed by atoms with E-state index in [1.807, 2.05) is 6.92 Å². The normalized spacial score (nSPS) is 14.7. The first kappa shape index (κ1) is 28.8. The number of aromatic nitrogens is 1. The minimum absolute atomic E-state index is 0.0179. The largest absolute Gasteiger partial charge is 0.348 e. The third kappa shape index (κ3) is 7.16. The van der Waals surface area contributed by atoms with Crippen molar-refractivity contribution in [3.63, 3.8) is 0 Å². The van der Waals surface area contributed by atoms with Crippen molar-refractivity contribution in [2.75, 3.05) is 26.7 Å². The molecule has 3 heterocycles. The fraction of sp³-hybridized carbons (Fsp3) is 0.345.